The number of nitrogens with one attached hydrogen (secondary N) is 1. The number of anilines is 1. The fourth-order valence-electron chi connectivity index (χ4n) is 2.58. The summed E-state index contributed by atoms with van der Waals surface area (Å²) < 4.78 is 11.0. The highest BCUT2D eigenvalue weighted by Crippen LogP contribution is 2.36. The molecule has 0 saturated heterocycles. The molecular weight excluding hydrogens is 326 g/mol. The third-order valence-electron chi connectivity index (χ3n) is 3.72. The van der Waals surface area contributed by atoms with Crippen LogP contribution in [0.1, 0.15) is 24.5 Å². The van der Waals surface area contributed by atoms with Crippen molar-refractivity contribution in [1.82, 2.24) is 0 Å². The van der Waals surface area contributed by atoms with Crippen molar-refractivity contribution in [2.24, 2.45) is 0 Å². The lowest BCUT2D eigenvalue weighted by atomic mass is 10.0. The van der Waals surface area contributed by atoms with Crippen LogP contribution in [0.25, 0.3) is 11.6 Å². The summed E-state index contributed by atoms with van der Waals surface area (Å²) in [5, 5.41) is 3.42. The molecule has 3 rings (SSSR count). The number of hydrogen-bond acceptors (Lipinski definition) is 3. The second-order valence-electron chi connectivity index (χ2n) is 5.46. The Morgan fingerprint density at radius 3 is 2.75 bits per heavy atom. The number of methoxy groups -OCH3 is 1. The number of carbonyl (C=O) groups is 1. The minimum absolute atomic E-state index is 0.140. The van der Waals surface area contributed by atoms with Gasteiger partial charge in [-0.05, 0) is 42.3 Å². The van der Waals surface area contributed by atoms with Crippen molar-refractivity contribution in [2.75, 3.05) is 19.0 Å². The van der Waals surface area contributed by atoms with E-state index in [4.69, 9.17) is 21.1 Å². The van der Waals surface area contributed by atoms with Crippen LogP contribution in [0.4, 0.5) is 5.69 Å². The Bertz CT molecular complexity index is 814. The number of hydrogen-bond donors (Lipinski definition) is 1. The second kappa shape index (κ2) is 6.97. The smallest absolute Gasteiger partial charge is 0.256 e. The molecule has 24 heavy (non-hydrogen) atoms. The summed E-state index contributed by atoms with van der Waals surface area (Å²) in [6.07, 6.45) is 2.75. The van der Waals surface area contributed by atoms with Gasteiger partial charge in [0.15, 0.2) is 11.5 Å². The number of fused-ring (bicyclic) bond motifs is 1. The number of benzene rings is 2. The maximum absolute atomic E-state index is 12.2. The quantitative estimate of drug-likeness (QED) is 0.805. The molecule has 124 valence electrons. The molecule has 0 aromatic heterocycles. The van der Waals surface area contributed by atoms with Crippen LogP contribution in [0, 0.1) is 0 Å². The molecule has 2 aromatic rings. The van der Waals surface area contributed by atoms with E-state index in [1.54, 1.807) is 19.2 Å². The van der Waals surface area contributed by atoms with E-state index < -0.39 is 0 Å². The van der Waals surface area contributed by atoms with Crippen molar-refractivity contribution in [3.05, 3.63) is 52.5 Å². The van der Waals surface area contributed by atoms with Gasteiger partial charge in [0.2, 0.25) is 0 Å². The van der Waals surface area contributed by atoms with E-state index in [1.165, 1.54) is 0 Å². The van der Waals surface area contributed by atoms with Crippen LogP contribution in [0.2, 0.25) is 5.02 Å². The molecule has 0 radical (unpaired) electrons. The van der Waals surface area contributed by atoms with Crippen LogP contribution < -0.4 is 14.8 Å². The monoisotopic (exact) mass is 343 g/mol. The summed E-state index contributed by atoms with van der Waals surface area (Å²) in [7, 11) is 1.61. The van der Waals surface area contributed by atoms with E-state index in [-0.39, 0.29) is 5.91 Å². The Balaban J connectivity index is 1.98. The Morgan fingerprint density at radius 2 is 2.00 bits per heavy atom. The van der Waals surface area contributed by atoms with E-state index in [0.29, 0.717) is 28.7 Å². The van der Waals surface area contributed by atoms with Crippen LogP contribution in [0.5, 0.6) is 11.5 Å². The topological polar surface area (TPSA) is 47.6 Å². The SMILES string of the molecule is CCCOc1cc(/C=C2/C(=O)Nc3cc(Cl)ccc32)ccc1OC. The molecule has 1 amide bonds. The summed E-state index contributed by atoms with van der Waals surface area (Å²) >= 11 is 5.98. The van der Waals surface area contributed by atoms with Crippen LogP contribution in [-0.2, 0) is 4.79 Å². The standard InChI is InChI=1S/C19H18ClNO3/c1-3-8-24-18-10-12(4-7-17(18)23-2)9-15-14-6-5-13(20)11-16(14)21-19(15)22/h4-7,9-11H,3,8H2,1-2H3,(H,21,22)/b15-9+. The van der Waals surface area contributed by atoms with Crippen molar-refractivity contribution in [1.29, 1.82) is 0 Å². The van der Waals surface area contributed by atoms with Crippen LogP contribution in [0.15, 0.2) is 36.4 Å². The molecule has 1 N–H and O–H groups in total. The van der Waals surface area contributed by atoms with Gasteiger partial charge in [0.05, 0.1) is 19.4 Å². The lowest BCUT2D eigenvalue weighted by Crippen LogP contribution is -2.03. The Kier molecular flexibility index (Phi) is 4.76. The van der Waals surface area contributed by atoms with Gasteiger partial charge in [-0.1, -0.05) is 30.7 Å². The van der Waals surface area contributed by atoms with Gasteiger partial charge in [-0.2, -0.15) is 0 Å². The number of rotatable bonds is 5. The number of amides is 1. The summed E-state index contributed by atoms with van der Waals surface area (Å²) in [6, 6.07) is 11.0. The Morgan fingerprint density at radius 1 is 1.17 bits per heavy atom. The average Bonchev–Trinajstić information content (AvgIpc) is 2.87. The van der Waals surface area contributed by atoms with Crippen molar-refractivity contribution in [3.63, 3.8) is 0 Å². The van der Waals surface area contributed by atoms with E-state index in [0.717, 1.165) is 23.2 Å². The lowest BCUT2D eigenvalue weighted by Gasteiger charge is -2.10. The maximum atomic E-state index is 12.2. The fraction of sp³-hybridized carbons (Fsp3) is 0.211. The highest BCUT2D eigenvalue weighted by Gasteiger charge is 2.24. The van der Waals surface area contributed by atoms with E-state index in [1.807, 2.05) is 37.3 Å². The second-order valence-corrected chi connectivity index (χ2v) is 5.90. The van der Waals surface area contributed by atoms with Gasteiger partial charge in [-0.25, -0.2) is 0 Å². The predicted octanol–water partition coefficient (Wildman–Crippen LogP) is 4.63. The van der Waals surface area contributed by atoms with Crippen LogP contribution in [0.3, 0.4) is 0 Å². The molecule has 1 aliphatic rings. The number of carbonyl (C=O) groups excluding carboxylic acids is 1. The molecule has 1 heterocycles. The van der Waals surface area contributed by atoms with Gasteiger partial charge in [-0.3, -0.25) is 4.79 Å². The zero-order chi connectivity index (χ0) is 17.1. The molecular formula is C19H18ClNO3. The molecule has 0 fully saturated rings. The molecule has 4 nitrogen and oxygen atoms in total. The molecule has 0 atom stereocenters. The maximum Gasteiger partial charge on any atom is 0.256 e. The predicted molar refractivity (Wildman–Crippen MR) is 96.7 cm³/mol. The third kappa shape index (κ3) is 3.24. The Hall–Kier alpha value is -2.46. The zero-order valence-corrected chi connectivity index (χ0v) is 14.3. The minimum atomic E-state index is -0.140. The Labute approximate surface area is 146 Å². The molecule has 0 spiro atoms. The van der Waals surface area contributed by atoms with Crippen molar-refractivity contribution < 1.29 is 14.3 Å². The van der Waals surface area contributed by atoms with Gasteiger partial charge in [0, 0.05) is 16.2 Å². The van der Waals surface area contributed by atoms with Crippen LogP contribution in [-0.4, -0.2) is 19.6 Å². The summed E-state index contributed by atoms with van der Waals surface area (Å²) in [4.78, 5) is 12.2. The van der Waals surface area contributed by atoms with Gasteiger partial charge in [0.1, 0.15) is 0 Å². The molecule has 2 aromatic carbocycles. The van der Waals surface area contributed by atoms with Crippen molar-refractivity contribution in [2.45, 2.75) is 13.3 Å². The molecule has 1 aliphatic heterocycles. The first kappa shape index (κ1) is 16.4. The van der Waals surface area contributed by atoms with Crippen molar-refractivity contribution in [3.8, 4) is 11.5 Å². The average molecular weight is 344 g/mol. The molecule has 0 aliphatic carbocycles. The molecule has 0 bridgehead atoms. The van der Waals surface area contributed by atoms with Gasteiger partial charge in [0.25, 0.3) is 5.91 Å². The molecule has 5 heteroatoms. The van der Waals surface area contributed by atoms with Crippen LogP contribution >= 0.6 is 11.6 Å². The van der Waals surface area contributed by atoms with E-state index >= 15 is 0 Å². The molecule has 0 saturated carbocycles. The normalized spacial score (nSPS) is 14.5. The summed E-state index contributed by atoms with van der Waals surface area (Å²) in [5.74, 6) is 1.20. The third-order valence-corrected chi connectivity index (χ3v) is 3.96. The van der Waals surface area contributed by atoms with Gasteiger partial charge in [-0.15, -0.1) is 0 Å². The van der Waals surface area contributed by atoms with Crippen molar-refractivity contribution >= 4 is 34.8 Å². The molecule has 0 unspecified atom stereocenters. The summed E-state index contributed by atoms with van der Waals surface area (Å²) in [5.41, 5.74) is 3.05. The first-order valence-electron chi connectivity index (χ1n) is 7.76. The summed E-state index contributed by atoms with van der Waals surface area (Å²) in [6.45, 7) is 2.65. The lowest BCUT2D eigenvalue weighted by molar-refractivity contribution is -0.110. The first-order chi connectivity index (χ1) is 11.6. The zero-order valence-electron chi connectivity index (χ0n) is 13.6. The minimum Gasteiger partial charge on any atom is -0.493 e. The van der Waals surface area contributed by atoms with E-state index in [9.17, 15) is 4.79 Å². The number of ether oxygens (including phenoxy) is 2. The van der Waals surface area contributed by atoms with Gasteiger partial charge < -0.3 is 14.8 Å². The highest BCUT2D eigenvalue weighted by molar-refractivity contribution is 6.36. The van der Waals surface area contributed by atoms with Gasteiger partial charge >= 0.3 is 0 Å². The highest BCUT2D eigenvalue weighted by atomic mass is 35.5. The fourth-order valence-corrected chi connectivity index (χ4v) is 2.76. The number of halogens is 1. The first-order valence-corrected chi connectivity index (χ1v) is 8.14. The van der Waals surface area contributed by atoms with E-state index in [2.05, 4.69) is 5.32 Å². The largest absolute Gasteiger partial charge is 0.493 e.